The highest BCUT2D eigenvalue weighted by molar-refractivity contribution is 7.47. The van der Waals surface area contributed by atoms with Gasteiger partial charge in [-0.05, 0) is 135 Å². The Morgan fingerprint density at radius 1 is 0.292 bits per heavy atom. The minimum absolute atomic E-state index is 0.0806. The molecule has 0 saturated heterocycles. The second-order valence-electron chi connectivity index (χ2n) is 25.9. The number of ether oxygens (including phenoxy) is 4. The highest BCUT2D eigenvalue weighted by Crippen LogP contribution is 2.45. The molecule has 0 aliphatic carbocycles. The number of phosphoric ester groups is 2. The standard InChI is InChI=1S/C77H140O17P2/c1-5-9-13-17-21-25-29-33-35-39-43-47-51-55-59-63-76(81)93-72(67-87-74(79)61-57-53-49-45-41-37-31-27-23-19-15-11-7-3)69-91-95(83,84)89-65-71(78)66-90-96(85,86)92-70-73(68-88-75(80)62-58-54-50-46-42-38-32-28-24-20-16-12-8-4)94-77(82)64-60-56-52-48-44-40-36-34-30-26-22-18-14-10-6-2/h21,25,27-28,31-36,71-73,78H,5-20,22-24,26,29-30,37-70H2,1-4H3,(H,83,84)(H,85,86)/b25-21-,31-27-,32-28-,35-33-,36-34-/t71-,72+,73+/m0/s1. The van der Waals surface area contributed by atoms with Gasteiger partial charge in [-0.15, -0.1) is 0 Å². The SMILES string of the molecule is CCCCC/C=C\C/C=C\CCCCCCCC(=O)O[C@H](COC(=O)CCCCCCC/C=C\CCCCCC)COP(=O)(O)OC[C@H](O)COP(=O)(O)OC[C@@H](COC(=O)CCCCCCC/C=C\CCCCCC)OC(=O)CCCCCCC/C=C\CCCCCCCC. The van der Waals surface area contributed by atoms with Crippen LogP contribution in [0.1, 0.15) is 349 Å². The third-order valence-electron chi connectivity index (χ3n) is 16.4. The van der Waals surface area contributed by atoms with Crippen LogP contribution in [0.4, 0.5) is 0 Å². The first-order valence-electron chi connectivity index (χ1n) is 38.5. The lowest BCUT2D eigenvalue weighted by Crippen LogP contribution is -2.30. The molecule has 0 amide bonds. The topological polar surface area (TPSA) is 237 Å². The van der Waals surface area contributed by atoms with Gasteiger partial charge in [0.2, 0.25) is 0 Å². The Balaban J connectivity index is 5.35. The molecule has 2 unspecified atom stereocenters. The van der Waals surface area contributed by atoms with Gasteiger partial charge < -0.3 is 33.8 Å². The van der Waals surface area contributed by atoms with Crippen LogP contribution in [0.3, 0.4) is 0 Å². The van der Waals surface area contributed by atoms with Crippen LogP contribution in [0.15, 0.2) is 60.8 Å². The number of phosphoric acid groups is 2. The van der Waals surface area contributed by atoms with Crippen LogP contribution in [0.2, 0.25) is 0 Å². The molecule has 5 atom stereocenters. The Bertz CT molecular complexity index is 2060. The lowest BCUT2D eigenvalue weighted by Gasteiger charge is -2.21. The summed E-state index contributed by atoms with van der Waals surface area (Å²) in [6, 6.07) is 0. The molecule has 0 fully saturated rings. The van der Waals surface area contributed by atoms with Gasteiger partial charge in [-0.1, -0.05) is 249 Å². The van der Waals surface area contributed by atoms with Crippen LogP contribution in [-0.4, -0.2) is 96.7 Å². The van der Waals surface area contributed by atoms with Crippen LogP contribution in [0.25, 0.3) is 0 Å². The number of carbonyl (C=O) groups excluding carboxylic acids is 4. The number of rotatable bonds is 73. The first-order valence-corrected chi connectivity index (χ1v) is 41.5. The summed E-state index contributed by atoms with van der Waals surface area (Å²) >= 11 is 0. The Morgan fingerprint density at radius 3 is 0.812 bits per heavy atom. The Hall–Kier alpha value is -3.24. The van der Waals surface area contributed by atoms with E-state index in [9.17, 15) is 43.2 Å². The fourth-order valence-electron chi connectivity index (χ4n) is 10.5. The number of aliphatic hydroxyl groups is 1. The van der Waals surface area contributed by atoms with E-state index < -0.39 is 97.5 Å². The van der Waals surface area contributed by atoms with Crippen molar-refractivity contribution in [2.45, 2.75) is 367 Å². The zero-order valence-electron chi connectivity index (χ0n) is 61.1. The van der Waals surface area contributed by atoms with Gasteiger partial charge in [0.1, 0.15) is 19.3 Å². The van der Waals surface area contributed by atoms with E-state index in [0.29, 0.717) is 25.7 Å². The van der Waals surface area contributed by atoms with Crippen LogP contribution in [-0.2, 0) is 65.4 Å². The molecule has 3 N–H and O–H groups in total. The number of hydrogen-bond acceptors (Lipinski definition) is 15. The van der Waals surface area contributed by atoms with Crippen molar-refractivity contribution in [3.05, 3.63) is 60.8 Å². The molecular weight excluding hydrogens is 1260 g/mol. The number of esters is 4. The van der Waals surface area contributed by atoms with Gasteiger partial charge in [0.05, 0.1) is 26.4 Å². The van der Waals surface area contributed by atoms with Gasteiger partial charge in [0, 0.05) is 25.7 Å². The summed E-state index contributed by atoms with van der Waals surface area (Å²) in [6.07, 6.45) is 67.7. The maximum absolute atomic E-state index is 13.1. The van der Waals surface area contributed by atoms with Gasteiger partial charge in [0.25, 0.3) is 0 Å². The molecule has 0 aliphatic heterocycles. The molecule has 0 rings (SSSR count). The molecule has 19 heteroatoms. The minimum Gasteiger partial charge on any atom is -0.462 e. The van der Waals surface area contributed by atoms with Gasteiger partial charge in [-0.25, -0.2) is 9.13 Å². The average molecular weight is 1400 g/mol. The molecule has 0 bridgehead atoms. The lowest BCUT2D eigenvalue weighted by molar-refractivity contribution is -0.161. The maximum atomic E-state index is 13.1. The van der Waals surface area contributed by atoms with Crippen molar-refractivity contribution in [2.75, 3.05) is 39.6 Å². The quantitative estimate of drug-likeness (QED) is 0.0169. The fraction of sp³-hybridized carbons (Fsp3) is 0.818. The van der Waals surface area contributed by atoms with E-state index in [2.05, 4.69) is 88.5 Å². The van der Waals surface area contributed by atoms with E-state index in [1.54, 1.807) is 0 Å². The smallest absolute Gasteiger partial charge is 0.462 e. The molecule has 17 nitrogen and oxygen atoms in total. The second kappa shape index (κ2) is 70.2. The Kier molecular flexibility index (Phi) is 67.8. The van der Waals surface area contributed by atoms with Crippen molar-refractivity contribution in [3.63, 3.8) is 0 Å². The summed E-state index contributed by atoms with van der Waals surface area (Å²) < 4.78 is 68.4. The molecule has 0 aromatic heterocycles. The molecule has 0 aromatic rings. The number of hydrogen-bond donors (Lipinski definition) is 3. The monoisotopic (exact) mass is 1400 g/mol. The molecule has 0 aromatic carbocycles. The van der Waals surface area contributed by atoms with Crippen molar-refractivity contribution in [3.8, 4) is 0 Å². The third kappa shape index (κ3) is 69.2. The van der Waals surface area contributed by atoms with Crippen molar-refractivity contribution < 1.29 is 80.2 Å². The third-order valence-corrected chi connectivity index (χ3v) is 18.3. The Morgan fingerprint density at radius 2 is 0.510 bits per heavy atom. The van der Waals surface area contributed by atoms with E-state index in [4.69, 9.17) is 37.0 Å². The first-order chi connectivity index (χ1) is 46.7. The van der Waals surface area contributed by atoms with Crippen molar-refractivity contribution in [1.82, 2.24) is 0 Å². The highest BCUT2D eigenvalue weighted by atomic mass is 31.2. The molecule has 0 heterocycles. The summed E-state index contributed by atoms with van der Waals surface area (Å²) in [5.74, 6) is -2.19. The van der Waals surface area contributed by atoms with Gasteiger partial charge in [0.15, 0.2) is 12.2 Å². The number of carbonyl (C=O) groups is 4. The molecular formula is C77H140O17P2. The van der Waals surface area contributed by atoms with Gasteiger partial charge >= 0.3 is 39.5 Å². The molecule has 560 valence electrons. The highest BCUT2D eigenvalue weighted by Gasteiger charge is 2.30. The normalized spacial score (nSPS) is 14.3. The number of aliphatic hydroxyl groups excluding tert-OH is 1. The predicted octanol–water partition coefficient (Wildman–Crippen LogP) is 21.9. The summed E-state index contributed by atoms with van der Waals surface area (Å²) in [5, 5.41) is 10.6. The van der Waals surface area contributed by atoms with Crippen LogP contribution < -0.4 is 0 Å². The molecule has 0 radical (unpaired) electrons. The van der Waals surface area contributed by atoms with E-state index in [0.717, 1.165) is 161 Å². The molecule has 0 spiro atoms. The summed E-state index contributed by atoms with van der Waals surface area (Å²) in [7, 11) is -9.94. The second-order valence-corrected chi connectivity index (χ2v) is 28.8. The van der Waals surface area contributed by atoms with E-state index in [1.807, 2.05) is 0 Å². The fourth-order valence-corrected chi connectivity index (χ4v) is 12.0. The van der Waals surface area contributed by atoms with E-state index in [1.165, 1.54) is 109 Å². The predicted molar refractivity (Wildman–Crippen MR) is 390 cm³/mol. The van der Waals surface area contributed by atoms with E-state index >= 15 is 0 Å². The lowest BCUT2D eigenvalue weighted by atomic mass is 10.1. The summed E-state index contributed by atoms with van der Waals surface area (Å²) in [5.41, 5.74) is 0. The average Bonchev–Trinajstić information content (AvgIpc) is 1.19. The minimum atomic E-state index is -4.97. The largest absolute Gasteiger partial charge is 0.472 e. The Labute approximate surface area is 584 Å². The van der Waals surface area contributed by atoms with Gasteiger partial charge in [-0.3, -0.25) is 37.3 Å². The zero-order valence-corrected chi connectivity index (χ0v) is 62.8. The summed E-state index contributed by atoms with van der Waals surface area (Å²) in [6.45, 7) is 4.81. The van der Waals surface area contributed by atoms with Crippen molar-refractivity contribution in [1.29, 1.82) is 0 Å². The molecule has 96 heavy (non-hydrogen) atoms. The van der Waals surface area contributed by atoms with Crippen LogP contribution in [0, 0.1) is 0 Å². The summed E-state index contributed by atoms with van der Waals surface area (Å²) in [4.78, 5) is 72.8. The van der Waals surface area contributed by atoms with Crippen LogP contribution >= 0.6 is 15.6 Å². The zero-order chi connectivity index (χ0) is 70.4. The molecule has 0 saturated carbocycles. The van der Waals surface area contributed by atoms with Gasteiger partial charge in [-0.2, -0.15) is 0 Å². The number of allylic oxidation sites excluding steroid dienone is 10. The van der Waals surface area contributed by atoms with Crippen molar-refractivity contribution >= 4 is 39.5 Å². The van der Waals surface area contributed by atoms with Crippen molar-refractivity contribution in [2.24, 2.45) is 0 Å². The van der Waals surface area contributed by atoms with Crippen LogP contribution in [0.5, 0.6) is 0 Å². The number of unbranched alkanes of at least 4 members (excludes halogenated alkanes) is 37. The first kappa shape index (κ1) is 92.8. The van der Waals surface area contributed by atoms with E-state index in [-0.39, 0.29) is 25.7 Å². The maximum Gasteiger partial charge on any atom is 0.472 e. The molecule has 0 aliphatic rings.